The molecule has 0 aliphatic rings. The van der Waals surface area contributed by atoms with E-state index in [1.165, 1.54) is 4.90 Å². The fraction of sp³-hybridized carbons (Fsp3) is 0.143. The molecule has 0 fully saturated rings. The highest BCUT2D eigenvalue weighted by atomic mass is 16.2. The Hall–Kier alpha value is -3.54. The second-order valence-electron chi connectivity index (χ2n) is 6.29. The first-order valence-electron chi connectivity index (χ1n) is 8.48. The summed E-state index contributed by atoms with van der Waals surface area (Å²) in [6.45, 7) is 1.75. The number of benzene rings is 2. The van der Waals surface area contributed by atoms with Crippen LogP contribution in [0.3, 0.4) is 0 Å². The minimum Gasteiger partial charge on any atom is -0.345 e. The van der Waals surface area contributed by atoms with Gasteiger partial charge in [-0.1, -0.05) is 30.3 Å². The zero-order chi connectivity index (χ0) is 19.4. The number of para-hydroxylation sites is 1. The molecule has 0 unspecified atom stereocenters. The molecule has 1 heterocycles. The van der Waals surface area contributed by atoms with Crippen LogP contribution in [-0.4, -0.2) is 40.8 Å². The second kappa shape index (κ2) is 7.78. The summed E-state index contributed by atoms with van der Waals surface area (Å²) < 4.78 is 0. The molecular weight excluding hydrogens is 340 g/mol. The van der Waals surface area contributed by atoms with Crippen LogP contribution in [0.1, 0.15) is 26.5 Å². The van der Waals surface area contributed by atoms with Gasteiger partial charge in [0.05, 0.1) is 17.6 Å². The Labute approximate surface area is 157 Å². The molecule has 2 aromatic carbocycles. The molecule has 136 valence electrons. The average Bonchev–Trinajstić information content (AvgIpc) is 2.68. The highest BCUT2D eigenvalue weighted by molar-refractivity contribution is 6.03. The van der Waals surface area contributed by atoms with Crippen molar-refractivity contribution in [3.05, 3.63) is 77.7 Å². The van der Waals surface area contributed by atoms with Crippen LogP contribution in [0.4, 0.5) is 5.69 Å². The minimum atomic E-state index is -0.313. The maximum atomic E-state index is 12.6. The Morgan fingerprint density at radius 1 is 0.963 bits per heavy atom. The van der Waals surface area contributed by atoms with E-state index in [1.54, 1.807) is 51.5 Å². The van der Waals surface area contributed by atoms with E-state index in [1.807, 2.05) is 30.3 Å². The third kappa shape index (κ3) is 4.17. The molecule has 0 atom stereocenters. The van der Waals surface area contributed by atoms with Crippen LogP contribution >= 0.6 is 0 Å². The number of hydrogen-bond donors (Lipinski definition) is 1. The lowest BCUT2D eigenvalue weighted by molar-refractivity contribution is 0.0827. The third-order valence-corrected chi connectivity index (χ3v) is 4.04. The lowest BCUT2D eigenvalue weighted by atomic mass is 10.1. The van der Waals surface area contributed by atoms with Gasteiger partial charge in [0.2, 0.25) is 0 Å². The summed E-state index contributed by atoms with van der Waals surface area (Å²) in [5.41, 5.74) is 3.46. The first kappa shape index (κ1) is 18.3. The van der Waals surface area contributed by atoms with Gasteiger partial charge in [-0.05, 0) is 31.2 Å². The molecule has 3 rings (SSSR count). The zero-order valence-corrected chi connectivity index (χ0v) is 15.4. The lowest BCUT2D eigenvalue weighted by Gasteiger charge is -2.11. The maximum absolute atomic E-state index is 12.6. The molecule has 0 saturated heterocycles. The van der Waals surface area contributed by atoms with Gasteiger partial charge in [-0.3, -0.25) is 14.6 Å². The van der Waals surface area contributed by atoms with E-state index in [4.69, 9.17) is 0 Å². The Kier molecular flexibility index (Phi) is 5.26. The summed E-state index contributed by atoms with van der Waals surface area (Å²) in [5.74, 6) is -0.382. The van der Waals surface area contributed by atoms with Crippen LogP contribution in [0.15, 0.2) is 60.8 Å². The predicted octanol–water partition coefficient (Wildman–Crippen LogP) is 3.41. The molecule has 2 amide bonds. The van der Waals surface area contributed by atoms with Crippen molar-refractivity contribution in [1.82, 2.24) is 14.9 Å². The van der Waals surface area contributed by atoms with Crippen LogP contribution in [0, 0.1) is 6.92 Å². The first-order valence-corrected chi connectivity index (χ1v) is 8.48. The Morgan fingerprint density at radius 3 is 2.26 bits per heavy atom. The van der Waals surface area contributed by atoms with Gasteiger partial charge in [-0.25, -0.2) is 4.98 Å². The summed E-state index contributed by atoms with van der Waals surface area (Å²) in [5, 5.41) is 2.82. The number of rotatable bonds is 4. The molecule has 0 radical (unpaired) electrons. The fourth-order valence-corrected chi connectivity index (χ4v) is 2.56. The second-order valence-corrected chi connectivity index (χ2v) is 6.29. The molecule has 0 bridgehead atoms. The predicted molar refractivity (Wildman–Crippen MR) is 105 cm³/mol. The Bertz CT molecular complexity index is 967. The monoisotopic (exact) mass is 360 g/mol. The molecule has 0 aliphatic heterocycles. The van der Waals surface area contributed by atoms with Crippen molar-refractivity contribution in [3.63, 3.8) is 0 Å². The van der Waals surface area contributed by atoms with Gasteiger partial charge in [-0.2, -0.15) is 0 Å². The molecule has 0 aliphatic carbocycles. The molecule has 3 aromatic rings. The van der Waals surface area contributed by atoms with Crippen molar-refractivity contribution in [3.8, 4) is 11.3 Å². The summed E-state index contributed by atoms with van der Waals surface area (Å²) in [6, 6.07) is 16.3. The quantitative estimate of drug-likeness (QED) is 0.774. The number of amides is 2. The summed E-state index contributed by atoms with van der Waals surface area (Å²) in [6.07, 6.45) is 1.62. The fourth-order valence-electron chi connectivity index (χ4n) is 2.56. The number of nitrogens with zero attached hydrogens (tertiary/aromatic N) is 3. The van der Waals surface area contributed by atoms with Gasteiger partial charge in [0.25, 0.3) is 11.8 Å². The molecule has 1 N–H and O–H groups in total. The van der Waals surface area contributed by atoms with Crippen molar-refractivity contribution in [2.45, 2.75) is 6.92 Å². The van der Waals surface area contributed by atoms with Crippen LogP contribution < -0.4 is 5.32 Å². The van der Waals surface area contributed by atoms with Crippen LogP contribution in [0.25, 0.3) is 11.3 Å². The number of carbonyl (C=O) groups is 2. The number of carbonyl (C=O) groups excluding carboxylic acids is 2. The number of anilines is 1. The summed E-state index contributed by atoms with van der Waals surface area (Å²) in [4.78, 5) is 34.9. The standard InChI is InChI=1S/C21H20N4O2/c1-14-19(20(26)23-17-7-5-4-6-8-17)24-18(13-22-14)15-9-11-16(12-10-15)21(27)25(2)3/h4-13H,1-3H3,(H,23,26). The van der Waals surface area contributed by atoms with Gasteiger partial charge in [0.1, 0.15) is 5.69 Å². The van der Waals surface area contributed by atoms with Gasteiger partial charge in [0.15, 0.2) is 0 Å². The third-order valence-electron chi connectivity index (χ3n) is 4.04. The van der Waals surface area contributed by atoms with Crippen LogP contribution in [-0.2, 0) is 0 Å². The smallest absolute Gasteiger partial charge is 0.276 e. The normalized spacial score (nSPS) is 10.3. The summed E-state index contributed by atoms with van der Waals surface area (Å²) >= 11 is 0. The number of aromatic nitrogens is 2. The Morgan fingerprint density at radius 2 is 1.63 bits per heavy atom. The molecule has 1 aromatic heterocycles. The lowest BCUT2D eigenvalue weighted by Crippen LogP contribution is -2.21. The van der Waals surface area contributed by atoms with E-state index < -0.39 is 0 Å². The Balaban J connectivity index is 1.87. The van der Waals surface area contributed by atoms with Crippen molar-refractivity contribution in [1.29, 1.82) is 0 Å². The van der Waals surface area contributed by atoms with Crippen LogP contribution in [0.5, 0.6) is 0 Å². The van der Waals surface area contributed by atoms with Crippen molar-refractivity contribution < 1.29 is 9.59 Å². The van der Waals surface area contributed by atoms with E-state index in [0.29, 0.717) is 22.6 Å². The van der Waals surface area contributed by atoms with E-state index in [9.17, 15) is 9.59 Å². The number of hydrogen-bond acceptors (Lipinski definition) is 4. The van der Waals surface area contributed by atoms with E-state index >= 15 is 0 Å². The minimum absolute atomic E-state index is 0.0699. The van der Waals surface area contributed by atoms with Gasteiger partial charge >= 0.3 is 0 Å². The maximum Gasteiger partial charge on any atom is 0.276 e. The molecular formula is C21H20N4O2. The SMILES string of the molecule is Cc1ncc(-c2ccc(C(=O)N(C)C)cc2)nc1C(=O)Nc1ccccc1. The highest BCUT2D eigenvalue weighted by Crippen LogP contribution is 2.19. The summed E-state index contributed by atoms with van der Waals surface area (Å²) in [7, 11) is 3.42. The highest BCUT2D eigenvalue weighted by Gasteiger charge is 2.15. The van der Waals surface area contributed by atoms with E-state index in [2.05, 4.69) is 15.3 Å². The average molecular weight is 360 g/mol. The van der Waals surface area contributed by atoms with Gasteiger partial charge in [0, 0.05) is 30.9 Å². The molecule has 6 nitrogen and oxygen atoms in total. The topological polar surface area (TPSA) is 75.2 Å². The largest absolute Gasteiger partial charge is 0.345 e. The molecule has 0 saturated carbocycles. The molecule has 6 heteroatoms. The zero-order valence-electron chi connectivity index (χ0n) is 15.4. The van der Waals surface area contributed by atoms with Gasteiger partial charge in [-0.15, -0.1) is 0 Å². The number of nitrogens with one attached hydrogen (secondary N) is 1. The van der Waals surface area contributed by atoms with Crippen molar-refractivity contribution >= 4 is 17.5 Å². The van der Waals surface area contributed by atoms with Crippen molar-refractivity contribution in [2.75, 3.05) is 19.4 Å². The molecule has 0 spiro atoms. The van der Waals surface area contributed by atoms with Gasteiger partial charge < -0.3 is 10.2 Å². The van der Waals surface area contributed by atoms with Crippen LogP contribution in [0.2, 0.25) is 0 Å². The van der Waals surface area contributed by atoms with E-state index in [0.717, 1.165) is 5.56 Å². The van der Waals surface area contributed by atoms with E-state index in [-0.39, 0.29) is 17.5 Å². The first-order chi connectivity index (χ1) is 13.0. The number of aryl methyl sites for hydroxylation is 1. The molecule has 27 heavy (non-hydrogen) atoms. The van der Waals surface area contributed by atoms with Crippen molar-refractivity contribution in [2.24, 2.45) is 0 Å².